The van der Waals surface area contributed by atoms with Crippen LogP contribution in [0.15, 0.2) is 24.3 Å². The van der Waals surface area contributed by atoms with Crippen molar-refractivity contribution in [2.45, 2.75) is 20.3 Å². The number of carbonyl (C=O) groups excluding carboxylic acids is 2. The summed E-state index contributed by atoms with van der Waals surface area (Å²) in [5.74, 6) is -1.27. The van der Waals surface area contributed by atoms with Crippen molar-refractivity contribution < 1.29 is 14.3 Å². The molecule has 1 aromatic rings. The minimum atomic E-state index is -0.690. The maximum absolute atomic E-state index is 11.8. The summed E-state index contributed by atoms with van der Waals surface area (Å²) in [6.45, 7) is 3.53. The Morgan fingerprint density at radius 2 is 1.94 bits per heavy atom. The van der Waals surface area contributed by atoms with Crippen LogP contribution in [0.5, 0.6) is 0 Å². The maximum atomic E-state index is 11.8. The fraction of sp³-hybridized carbons (Fsp3) is 0.385. The van der Waals surface area contributed by atoms with Crippen LogP contribution in [0, 0.1) is 12.8 Å². The SMILES string of the molecule is COC(=O)C(C)C(=O)Cc1ccccc1C. The number of carbonyl (C=O) groups is 2. The maximum Gasteiger partial charge on any atom is 0.315 e. The lowest BCUT2D eigenvalue weighted by Gasteiger charge is -2.09. The molecular weight excluding hydrogens is 204 g/mol. The van der Waals surface area contributed by atoms with Gasteiger partial charge in [-0.05, 0) is 25.0 Å². The second-order valence-electron chi connectivity index (χ2n) is 3.81. The summed E-state index contributed by atoms with van der Waals surface area (Å²) in [6.07, 6.45) is 0.281. The van der Waals surface area contributed by atoms with Gasteiger partial charge in [-0.25, -0.2) is 0 Å². The summed E-state index contributed by atoms with van der Waals surface area (Å²) >= 11 is 0. The molecule has 1 atom stereocenters. The van der Waals surface area contributed by atoms with Crippen molar-refractivity contribution in [2.75, 3.05) is 7.11 Å². The predicted octanol–water partition coefficient (Wildman–Crippen LogP) is 1.92. The van der Waals surface area contributed by atoms with E-state index in [1.165, 1.54) is 7.11 Å². The average Bonchev–Trinajstić information content (AvgIpc) is 2.30. The molecule has 0 spiro atoms. The topological polar surface area (TPSA) is 43.4 Å². The smallest absolute Gasteiger partial charge is 0.315 e. The fourth-order valence-electron chi connectivity index (χ4n) is 1.46. The van der Waals surface area contributed by atoms with Crippen LogP contribution in [0.3, 0.4) is 0 Å². The number of hydrogen-bond acceptors (Lipinski definition) is 3. The lowest BCUT2D eigenvalue weighted by molar-refractivity contribution is -0.148. The number of rotatable bonds is 4. The molecule has 0 bridgehead atoms. The van der Waals surface area contributed by atoms with Crippen LogP contribution >= 0.6 is 0 Å². The van der Waals surface area contributed by atoms with E-state index in [9.17, 15) is 9.59 Å². The van der Waals surface area contributed by atoms with Crippen molar-refractivity contribution in [2.24, 2.45) is 5.92 Å². The highest BCUT2D eigenvalue weighted by Gasteiger charge is 2.22. The van der Waals surface area contributed by atoms with E-state index in [4.69, 9.17) is 0 Å². The number of Topliss-reactive ketones (excluding diaryl/α,β-unsaturated/α-hetero) is 1. The van der Waals surface area contributed by atoms with Crippen molar-refractivity contribution >= 4 is 11.8 Å². The Hall–Kier alpha value is -1.64. The number of benzene rings is 1. The Morgan fingerprint density at radius 3 is 2.50 bits per heavy atom. The first-order valence-corrected chi connectivity index (χ1v) is 5.21. The summed E-state index contributed by atoms with van der Waals surface area (Å²) in [6, 6.07) is 7.66. The molecule has 0 saturated carbocycles. The Kier molecular flexibility index (Phi) is 4.23. The molecule has 1 unspecified atom stereocenters. The van der Waals surface area contributed by atoms with Crippen LogP contribution in [-0.4, -0.2) is 18.9 Å². The van der Waals surface area contributed by atoms with E-state index in [0.29, 0.717) is 0 Å². The molecule has 1 aromatic carbocycles. The van der Waals surface area contributed by atoms with Crippen molar-refractivity contribution in [1.29, 1.82) is 0 Å². The normalized spacial score (nSPS) is 11.9. The lowest BCUT2D eigenvalue weighted by atomic mass is 9.97. The van der Waals surface area contributed by atoms with Crippen molar-refractivity contribution in [3.63, 3.8) is 0 Å². The van der Waals surface area contributed by atoms with Gasteiger partial charge in [0.25, 0.3) is 0 Å². The van der Waals surface area contributed by atoms with Gasteiger partial charge in [-0.1, -0.05) is 24.3 Å². The Labute approximate surface area is 95.4 Å². The molecule has 3 nitrogen and oxygen atoms in total. The standard InChI is InChI=1S/C13H16O3/c1-9-6-4-5-7-11(9)8-12(14)10(2)13(15)16-3/h4-7,10H,8H2,1-3H3. The van der Waals surface area contributed by atoms with Crippen LogP contribution in [-0.2, 0) is 20.7 Å². The average molecular weight is 220 g/mol. The highest BCUT2D eigenvalue weighted by atomic mass is 16.5. The number of esters is 1. The van der Waals surface area contributed by atoms with Gasteiger partial charge >= 0.3 is 5.97 Å². The molecule has 0 saturated heterocycles. The third-order valence-corrected chi connectivity index (χ3v) is 2.66. The van der Waals surface area contributed by atoms with Gasteiger partial charge in [-0.15, -0.1) is 0 Å². The summed E-state index contributed by atoms with van der Waals surface area (Å²) in [5.41, 5.74) is 2.02. The zero-order valence-corrected chi connectivity index (χ0v) is 9.82. The first-order valence-electron chi connectivity index (χ1n) is 5.21. The second-order valence-corrected chi connectivity index (χ2v) is 3.81. The van der Waals surface area contributed by atoms with E-state index in [-0.39, 0.29) is 12.2 Å². The van der Waals surface area contributed by atoms with E-state index in [0.717, 1.165) is 11.1 Å². The van der Waals surface area contributed by atoms with E-state index in [2.05, 4.69) is 4.74 Å². The van der Waals surface area contributed by atoms with E-state index < -0.39 is 11.9 Å². The molecule has 0 radical (unpaired) electrons. The minimum absolute atomic E-state index is 0.110. The van der Waals surface area contributed by atoms with Crippen molar-refractivity contribution in [1.82, 2.24) is 0 Å². The predicted molar refractivity (Wildman–Crippen MR) is 61.1 cm³/mol. The fourth-order valence-corrected chi connectivity index (χ4v) is 1.46. The van der Waals surface area contributed by atoms with E-state index >= 15 is 0 Å². The molecule has 0 aliphatic heterocycles. The molecular formula is C13H16O3. The first kappa shape index (κ1) is 12.4. The van der Waals surface area contributed by atoms with Gasteiger partial charge in [0.15, 0.2) is 5.78 Å². The Morgan fingerprint density at radius 1 is 1.31 bits per heavy atom. The Bertz CT molecular complexity index is 396. The van der Waals surface area contributed by atoms with E-state index in [1.807, 2.05) is 31.2 Å². The third-order valence-electron chi connectivity index (χ3n) is 2.66. The molecule has 86 valence electrons. The quantitative estimate of drug-likeness (QED) is 0.575. The first-order chi connectivity index (χ1) is 7.56. The van der Waals surface area contributed by atoms with Crippen LogP contribution in [0.1, 0.15) is 18.1 Å². The van der Waals surface area contributed by atoms with Crippen LogP contribution < -0.4 is 0 Å². The Balaban J connectivity index is 2.72. The summed E-state index contributed by atoms with van der Waals surface area (Å²) < 4.78 is 4.54. The molecule has 16 heavy (non-hydrogen) atoms. The zero-order chi connectivity index (χ0) is 12.1. The number of ketones is 1. The van der Waals surface area contributed by atoms with Gasteiger partial charge in [0.05, 0.1) is 7.11 Å². The molecule has 0 aliphatic rings. The zero-order valence-electron chi connectivity index (χ0n) is 9.82. The second kappa shape index (κ2) is 5.45. The summed E-state index contributed by atoms with van der Waals surface area (Å²) in [7, 11) is 1.29. The molecule has 3 heteroatoms. The molecule has 0 aliphatic carbocycles. The van der Waals surface area contributed by atoms with Crippen LogP contribution in [0.4, 0.5) is 0 Å². The van der Waals surface area contributed by atoms with Gasteiger partial charge in [0.2, 0.25) is 0 Å². The molecule has 0 amide bonds. The third kappa shape index (κ3) is 2.92. The van der Waals surface area contributed by atoms with E-state index in [1.54, 1.807) is 6.92 Å². The molecule has 0 fully saturated rings. The summed E-state index contributed by atoms with van der Waals surface area (Å²) in [5, 5.41) is 0. The number of methoxy groups -OCH3 is 1. The molecule has 1 rings (SSSR count). The molecule has 0 aromatic heterocycles. The van der Waals surface area contributed by atoms with Crippen LogP contribution in [0.2, 0.25) is 0 Å². The highest BCUT2D eigenvalue weighted by Crippen LogP contribution is 2.11. The largest absolute Gasteiger partial charge is 0.468 e. The molecule has 0 heterocycles. The van der Waals surface area contributed by atoms with Gasteiger partial charge in [-0.3, -0.25) is 9.59 Å². The van der Waals surface area contributed by atoms with Gasteiger partial charge in [0.1, 0.15) is 5.92 Å². The summed E-state index contributed by atoms with van der Waals surface area (Å²) in [4.78, 5) is 22.9. The van der Waals surface area contributed by atoms with Gasteiger partial charge < -0.3 is 4.74 Å². The van der Waals surface area contributed by atoms with Crippen molar-refractivity contribution in [3.05, 3.63) is 35.4 Å². The number of aryl methyl sites for hydroxylation is 1. The van der Waals surface area contributed by atoms with Gasteiger partial charge in [0, 0.05) is 6.42 Å². The number of ether oxygens (including phenoxy) is 1. The van der Waals surface area contributed by atoms with Gasteiger partial charge in [-0.2, -0.15) is 0 Å². The minimum Gasteiger partial charge on any atom is -0.468 e. The van der Waals surface area contributed by atoms with Crippen molar-refractivity contribution in [3.8, 4) is 0 Å². The molecule has 0 N–H and O–H groups in total. The lowest BCUT2D eigenvalue weighted by Crippen LogP contribution is -2.24. The monoisotopic (exact) mass is 220 g/mol. The number of hydrogen-bond donors (Lipinski definition) is 0. The van der Waals surface area contributed by atoms with Crippen LogP contribution in [0.25, 0.3) is 0 Å². The highest BCUT2D eigenvalue weighted by molar-refractivity contribution is 5.99.